The van der Waals surface area contributed by atoms with Crippen molar-refractivity contribution in [3.63, 3.8) is 0 Å². The normalized spacial score (nSPS) is 29.1. The molecule has 2 aliphatic rings. The minimum atomic E-state index is -4.76. The number of aliphatic hydroxyl groups is 1. The Balaban J connectivity index is 1.84. The quantitative estimate of drug-likeness (QED) is 0.909. The Morgan fingerprint density at radius 1 is 1.40 bits per heavy atom. The number of halogens is 4. The summed E-state index contributed by atoms with van der Waals surface area (Å²) in [6.07, 6.45) is -2.57. The molecule has 2 atom stereocenters. The van der Waals surface area contributed by atoms with Crippen molar-refractivity contribution in [2.24, 2.45) is 0 Å². The highest BCUT2D eigenvalue weighted by atomic mass is 35.5. The summed E-state index contributed by atoms with van der Waals surface area (Å²) in [5.74, 6) is -0.410. The van der Waals surface area contributed by atoms with Gasteiger partial charge in [-0.05, 0) is 31.0 Å². The van der Waals surface area contributed by atoms with Crippen LogP contribution in [0.1, 0.15) is 19.3 Å². The summed E-state index contributed by atoms with van der Waals surface area (Å²) in [5.41, 5.74) is 0.481. The number of nitrogens with zero attached hydrogens (tertiary/aromatic N) is 1. The van der Waals surface area contributed by atoms with Gasteiger partial charge in [-0.3, -0.25) is 0 Å². The zero-order valence-corrected chi connectivity index (χ0v) is 11.2. The third-order valence-electron chi connectivity index (χ3n) is 3.99. The molecular weight excluding hydrogens is 295 g/mol. The van der Waals surface area contributed by atoms with E-state index in [1.807, 2.05) is 4.90 Å². The molecule has 0 aromatic heterocycles. The molecule has 0 radical (unpaired) electrons. The Morgan fingerprint density at radius 3 is 2.65 bits per heavy atom. The van der Waals surface area contributed by atoms with Gasteiger partial charge in [0.25, 0.3) is 0 Å². The molecule has 20 heavy (non-hydrogen) atoms. The lowest BCUT2D eigenvalue weighted by Gasteiger charge is -2.27. The molecule has 1 spiro atoms. The molecule has 2 unspecified atom stereocenters. The molecule has 7 heteroatoms. The maximum Gasteiger partial charge on any atom is 0.573 e. The molecule has 1 N–H and O–H groups in total. The van der Waals surface area contributed by atoms with Crippen LogP contribution in [0.3, 0.4) is 0 Å². The van der Waals surface area contributed by atoms with Gasteiger partial charge in [0.2, 0.25) is 0 Å². The van der Waals surface area contributed by atoms with Crippen molar-refractivity contribution in [3.8, 4) is 5.75 Å². The summed E-state index contributed by atoms with van der Waals surface area (Å²) in [5, 5.41) is 9.69. The first-order chi connectivity index (χ1) is 9.32. The third-order valence-corrected chi connectivity index (χ3v) is 4.28. The van der Waals surface area contributed by atoms with Crippen molar-refractivity contribution in [1.82, 2.24) is 0 Å². The van der Waals surface area contributed by atoms with Crippen molar-refractivity contribution in [2.45, 2.75) is 37.3 Å². The summed E-state index contributed by atoms with van der Waals surface area (Å²) < 4.78 is 40.4. The number of alkyl halides is 3. The molecular formula is C13H13ClF3NO2. The van der Waals surface area contributed by atoms with Gasteiger partial charge in [0.1, 0.15) is 5.75 Å². The fraction of sp³-hybridized carbons (Fsp3) is 0.538. The van der Waals surface area contributed by atoms with Crippen molar-refractivity contribution < 1.29 is 23.0 Å². The van der Waals surface area contributed by atoms with Crippen molar-refractivity contribution in [3.05, 3.63) is 23.2 Å². The first-order valence-electron chi connectivity index (χ1n) is 6.33. The topological polar surface area (TPSA) is 32.7 Å². The van der Waals surface area contributed by atoms with Crippen LogP contribution in [0.15, 0.2) is 18.2 Å². The van der Waals surface area contributed by atoms with Crippen LogP contribution in [0.5, 0.6) is 5.75 Å². The van der Waals surface area contributed by atoms with E-state index < -0.39 is 12.1 Å². The third kappa shape index (κ3) is 2.31. The summed E-state index contributed by atoms with van der Waals surface area (Å²) in [6.45, 7) is 0.771. The number of ether oxygens (including phenoxy) is 1. The maximum absolute atomic E-state index is 12.2. The molecule has 3 rings (SSSR count). The van der Waals surface area contributed by atoms with Gasteiger partial charge < -0.3 is 14.7 Å². The van der Waals surface area contributed by atoms with Crippen LogP contribution in [0.25, 0.3) is 0 Å². The Labute approximate surface area is 118 Å². The van der Waals surface area contributed by atoms with E-state index in [0.717, 1.165) is 25.1 Å². The maximum atomic E-state index is 12.2. The minimum absolute atomic E-state index is 0.0861. The molecule has 1 heterocycles. The van der Waals surface area contributed by atoms with Gasteiger partial charge in [-0.2, -0.15) is 0 Å². The van der Waals surface area contributed by atoms with Crippen LogP contribution in [-0.2, 0) is 0 Å². The van der Waals surface area contributed by atoms with Gasteiger partial charge in [0, 0.05) is 18.7 Å². The number of aliphatic hydroxyl groups excluding tert-OH is 1. The van der Waals surface area contributed by atoms with Gasteiger partial charge >= 0.3 is 6.36 Å². The fourth-order valence-electron chi connectivity index (χ4n) is 2.99. The van der Waals surface area contributed by atoms with Crippen LogP contribution >= 0.6 is 11.6 Å². The van der Waals surface area contributed by atoms with Gasteiger partial charge in [0.15, 0.2) is 0 Å². The lowest BCUT2D eigenvalue weighted by Crippen LogP contribution is -2.34. The number of benzene rings is 1. The lowest BCUT2D eigenvalue weighted by atomic mass is 10.1. The Hall–Kier alpha value is -1.14. The zero-order chi connectivity index (χ0) is 14.5. The standard InChI is InChI=1S/C13H13ClF3NO2/c14-9-6-8(2-3-10(9)20-13(15,16)17)18-5-1-4-12(18)7-11(12)19/h2-3,6,11,19H,1,4-5,7H2. The molecule has 1 aliphatic carbocycles. The average Bonchev–Trinajstić information content (AvgIpc) is 2.80. The molecule has 0 bridgehead atoms. The van der Waals surface area contributed by atoms with Gasteiger partial charge in [-0.1, -0.05) is 11.6 Å². The number of hydrogen-bond donors (Lipinski definition) is 1. The molecule has 1 aliphatic heterocycles. The lowest BCUT2D eigenvalue weighted by molar-refractivity contribution is -0.274. The average molecular weight is 308 g/mol. The molecule has 3 nitrogen and oxygen atoms in total. The predicted octanol–water partition coefficient (Wildman–Crippen LogP) is 3.34. The van der Waals surface area contributed by atoms with E-state index in [0.29, 0.717) is 6.42 Å². The first-order valence-corrected chi connectivity index (χ1v) is 6.71. The zero-order valence-electron chi connectivity index (χ0n) is 10.5. The first kappa shape index (κ1) is 13.8. The molecule has 2 fully saturated rings. The van der Waals surface area contributed by atoms with E-state index in [-0.39, 0.29) is 16.7 Å². The fourth-order valence-corrected chi connectivity index (χ4v) is 3.20. The van der Waals surface area contributed by atoms with Crippen molar-refractivity contribution in [1.29, 1.82) is 0 Å². The molecule has 1 aromatic carbocycles. The van der Waals surface area contributed by atoms with Crippen LogP contribution in [-0.4, -0.2) is 29.7 Å². The highest BCUT2D eigenvalue weighted by molar-refractivity contribution is 6.32. The summed E-state index contributed by atoms with van der Waals surface area (Å²) in [6, 6.07) is 4.22. The number of rotatable bonds is 2. The van der Waals surface area contributed by atoms with E-state index in [4.69, 9.17) is 11.6 Å². The molecule has 1 aromatic rings. The summed E-state index contributed by atoms with van der Waals surface area (Å²) in [7, 11) is 0. The van der Waals surface area contributed by atoms with E-state index in [9.17, 15) is 18.3 Å². The monoisotopic (exact) mass is 307 g/mol. The smallest absolute Gasteiger partial charge is 0.404 e. The van der Waals surface area contributed by atoms with Crippen LogP contribution in [0.2, 0.25) is 5.02 Å². The Morgan fingerprint density at radius 2 is 2.10 bits per heavy atom. The molecule has 0 amide bonds. The minimum Gasteiger partial charge on any atom is -0.404 e. The second kappa shape index (κ2) is 4.43. The van der Waals surface area contributed by atoms with Crippen molar-refractivity contribution >= 4 is 17.3 Å². The van der Waals surface area contributed by atoms with Gasteiger partial charge in [-0.15, -0.1) is 13.2 Å². The van der Waals surface area contributed by atoms with Crippen LogP contribution in [0.4, 0.5) is 18.9 Å². The van der Waals surface area contributed by atoms with Crippen LogP contribution < -0.4 is 9.64 Å². The molecule has 1 saturated heterocycles. The largest absolute Gasteiger partial charge is 0.573 e. The second-order valence-electron chi connectivity index (χ2n) is 5.24. The number of anilines is 1. The summed E-state index contributed by atoms with van der Waals surface area (Å²) >= 11 is 5.85. The van der Waals surface area contributed by atoms with E-state index in [1.165, 1.54) is 12.1 Å². The second-order valence-corrected chi connectivity index (χ2v) is 5.65. The van der Waals surface area contributed by atoms with E-state index in [1.54, 1.807) is 6.07 Å². The van der Waals surface area contributed by atoms with Gasteiger partial charge in [0.05, 0.1) is 16.7 Å². The number of hydrogen-bond acceptors (Lipinski definition) is 3. The van der Waals surface area contributed by atoms with E-state index >= 15 is 0 Å². The Kier molecular flexibility index (Phi) is 3.06. The summed E-state index contributed by atoms with van der Waals surface area (Å²) in [4.78, 5) is 2.03. The predicted molar refractivity (Wildman–Crippen MR) is 68.1 cm³/mol. The highest BCUT2D eigenvalue weighted by Gasteiger charge is 2.59. The molecule has 110 valence electrons. The Bertz CT molecular complexity index is 537. The van der Waals surface area contributed by atoms with Crippen LogP contribution in [0, 0.1) is 0 Å². The van der Waals surface area contributed by atoms with Gasteiger partial charge in [-0.25, -0.2) is 0 Å². The molecule has 1 saturated carbocycles. The van der Waals surface area contributed by atoms with Crippen molar-refractivity contribution in [2.75, 3.05) is 11.4 Å². The van der Waals surface area contributed by atoms with E-state index in [2.05, 4.69) is 4.74 Å². The SMILES string of the molecule is OC1CC12CCCN2c1ccc(OC(F)(F)F)c(Cl)c1. The highest BCUT2D eigenvalue weighted by Crippen LogP contribution is 2.52.